The predicted octanol–water partition coefficient (Wildman–Crippen LogP) is 0.564. The average Bonchev–Trinajstić information content (AvgIpc) is 2.17. The molecule has 0 aromatic rings. The van der Waals surface area contributed by atoms with E-state index in [0.717, 1.165) is 19.4 Å². The highest BCUT2D eigenvalue weighted by molar-refractivity contribution is 5.75. The monoisotopic (exact) mass is 189 g/mol. The quantitative estimate of drug-likeness (QED) is 0.469. The van der Waals surface area contributed by atoms with Crippen LogP contribution in [0.3, 0.4) is 0 Å². The maximum absolute atomic E-state index is 11.1. The maximum Gasteiger partial charge on any atom is 0.322 e. The number of carbonyl (C=O) groups is 1. The van der Waals surface area contributed by atoms with Crippen LogP contribution in [0.1, 0.15) is 19.8 Å². The standard InChI is InChI=1S/C9H19NO3/c1-4-13-7-5-6-8(10-2)9(11)12-3/h8,10H,4-7H2,1-3H3. The van der Waals surface area contributed by atoms with Crippen molar-refractivity contribution in [2.24, 2.45) is 0 Å². The van der Waals surface area contributed by atoms with Crippen molar-refractivity contribution in [2.75, 3.05) is 27.4 Å². The number of likely N-dealkylation sites (N-methyl/N-ethyl adjacent to an activating group) is 1. The summed E-state index contributed by atoms with van der Waals surface area (Å²) in [5.74, 6) is -0.209. The van der Waals surface area contributed by atoms with E-state index < -0.39 is 0 Å². The summed E-state index contributed by atoms with van der Waals surface area (Å²) in [5, 5.41) is 2.90. The fourth-order valence-electron chi connectivity index (χ4n) is 1.06. The Morgan fingerprint density at radius 2 is 2.23 bits per heavy atom. The van der Waals surface area contributed by atoms with Gasteiger partial charge in [0.15, 0.2) is 0 Å². The Balaban J connectivity index is 3.53. The van der Waals surface area contributed by atoms with Crippen LogP contribution in [0.15, 0.2) is 0 Å². The van der Waals surface area contributed by atoms with Gasteiger partial charge >= 0.3 is 5.97 Å². The molecule has 0 aromatic carbocycles. The fraction of sp³-hybridized carbons (Fsp3) is 0.889. The molecule has 0 saturated carbocycles. The molecule has 0 heterocycles. The maximum atomic E-state index is 11.1. The first-order valence-corrected chi connectivity index (χ1v) is 4.59. The lowest BCUT2D eigenvalue weighted by molar-refractivity contribution is -0.143. The van der Waals surface area contributed by atoms with Crippen molar-refractivity contribution in [2.45, 2.75) is 25.8 Å². The highest BCUT2D eigenvalue weighted by Gasteiger charge is 2.15. The molecule has 1 N–H and O–H groups in total. The van der Waals surface area contributed by atoms with E-state index in [2.05, 4.69) is 10.1 Å². The number of hydrogen-bond acceptors (Lipinski definition) is 4. The van der Waals surface area contributed by atoms with Crippen LogP contribution < -0.4 is 5.32 Å². The summed E-state index contributed by atoms with van der Waals surface area (Å²) in [7, 11) is 3.15. The van der Waals surface area contributed by atoms with Gasteiger partial charge < -0.3 is 14.8 Å². The Hall–Kier alpha value is -0.610. The Bertz CT molecular complexity index is 139. The summed E-state index contributed by atoms with van der Waals surface area (Å²) in [6.07, 6.45) is 1.62. The van der Waals surface area contributed by atoms with E-state index >= 15 is 0 Å². The Morgan fingerprint density at radius 3 is 2.69 bits per heavy atom. The number of carbonyl (C=O) groups excluding carboxylic acids is 1. The number of methoxy groups -OCH3 is 1. The molecule has 13 heavy (non-hydrogen) atoms. The molecule has 0 radical (unpaired) electrons. The fourth-order valence-corrected chi connectivity index (χ4v) is 1.06. The van der Waals surface area contributed by atoms with Crippen LogP contribution >= 0.6 is 0 Å². The van der Waals surface area contributed by atoms with Crippen LogP contribution in [-0.4, -0.2) is 39.4 Å². The van der Waals surface area contributed by atoms with Gasteiger partial charge in [0.2, 0.25) is 0 Å². The predicted molar refractivity (Wildman–Crippen MR) is 50.6 cm³/mol. The first-order valence-electron chi connectivity index (χ1n) is 4.59. The number of nitrogens with one attached hydrogen (secondary N) is 1. The van der Waals surface area contributed by atoms with E-state index in [1.165, 1.54) is 7.11 Å². The van der Waals surface area contributed by atoms with E-state index in [4.69, 9.17) is 4.74 Å². The molecule has 0 rings (SSSR count). The molecule has 0 bridgehead atoms. The third-order valence-corrected chi connectivity index (χ3v) is 1.82. The van der Waals surface area contributed by atoms with Crippen molar-refractivity contribution >= 4 is 5.97 Å². The molecule has 0 spiro atoms. The second-order valence-corrected chi connectivity index (χ2v) is 2.70. The van der Waals surface area contributed by atoms with E-state index in [-0.39, 0.29) is 12.0 Å². The van der Waals surface area contributed by atoms with Crippen molar-refractivity contribution in [3.05, 3.63) is 0 Å². The molecule has 0 fully saturated rings. The number of rotatable bonds is 7. The molecule has 1 atom stereocenters. The average molecular weight is 189 g/mol. The smallest absolute Gasteiger partial charge is 0.322 e. The molecular weight excluding hydrogens is 170 g/mol. The summed E-state index contributed by atoms with van der Waals surface area (Å²) < 4.78 is 9.78. The number of hydrogen-bond donors (Lipinski definition) is 1. The van der Waals surface area contributed by atoms with Crippen LogP contribution in [0.2, 0.25) is 0 Å². The van der Waals surface area contributed by atoms with Gasteiger partial charge in [-0.15, -0.1) is 0 Å². The first kappa shape index (κ1) is 12.4. The topological polar surface area (TPSA) is 47.6 Å². The van der Waals surface area contributed by atoms with Gasteiger partial charge in [-0.05, 0) is 26.8 Å². The molecule has 0 amide bonds. The highest BCUT2D eigenvalue weighted by atomic mass is 16.5. The summed E-state index contributed by atoms with van der Waals surface area (Å²) in [4.78, 5) is 11.1. The van der Waals surface area contributed by atoms with Crippen molar-refractivity contribution in [1.29, 1.82) is 0 Å². The van der Waals surface area contributed by atoms with Gasteiger partial charge in [0.1, 0.15) is 6.04 Å². The zero-order chi connectivity index (χ0) is 10.1. The molecular formula is C9H19NO3. The van der Waals surface area contributed by atoms with E-state index in [1.807, 2.05) is 6.92 Å². The molecule has 0 aromatic heterocycles. The number of esters is 1. The first-order chi connectivity index (χ1) is 6.26. The van der Waals surface area contributed by atoms with Crippen LogP contribution in [-0.2, 0) is 14.3 Å². The minimum atomic E-state index is -0.209. The van der Waals surface area contributed by atoms with E-state index in [1.54, 1.807) is 7.05 Å². The summed E-state index contributed by atoms with van der Waals surface area (Å²) in [5.41, 5.74) is 0. The van der Waals surface area contributed by atoms with Crippen LogP contribution in [0.5, 0.6) is 0 Å². The molecule has 0 aliphatic carbocycles. The van der Waals surface area contributed by atoms with Crippen molar-refractivity contribution < 1.29 is 14.3 Å². The summed E-state index contributed by atoms with van der Waals surface area (Å²) >= 11 is 0. The molecule has 78 valence electrons. The minimum Gasteiger partial charge on any atom is -0.468 e. The van der Waals surface area contributed by atoms with Crippen molar-refractivity contribution in [1.82, 2.24) is 5.32 Å². The molecule has 4 nitrogen and oxygen atoms in total. The molecule has 1 unspecified atom stereocenters. The van der Waals surface area contributed by atoms with Gasteiger partial charge in [-0.25, -0.2) is 0 Å². The molecule has 4 heteroatoms. The molecule has 0 saturated heterocycles. The van der Waals surface area contributed by atoms with Gasteiger partial charge in [0.25, 0.3) is 0 Å². The lowest BCUT2D eigenvalue weighted by Gasteiger charge is -2.12. The largest absolute Gasteiger partial charge is 0.468 e. The van der Waals surface area contributed by atoms with E-state index in [9.17, 15) is 4.79 Å². The Kier molecular flexibility index (Phi) is 7.63. The number of ether oxygens (including phenoxy) is 2. The SMILES string of the molecule is CCOCCCC(NC)C(=O)OC. The van der Waals surface area contributed by atoms with Crippen LogP contribution in [0, 0.1) is 0 Å². The van der Waals surface area contributed by atoms with Crippen molar-refractivity contribution in [3.8, 4) is 0 Å². The second-order valence-electron chi connectivity index (χ2n) is 2.70. The van der Waals surface area contributed by atoms with Crippen LogP contribution in [0.25, 0.3) is 0 Å². The second kappa shape index (κ2) is 8.01. The van der Waals surface area contributed by atoms with Crippen molar-refractivity contribution in [3.63, 3.8) is 0 Å². The van der Waals surface area contributed by atoms with E-state index in [0.29, 0.717) is 6.61 Å². The Morgan fingerprint density at radius 1 is 1.54 bits per heavy atom. The highest BCUT2D eigenvalue weighted by Crippen LogP contribution is 1.99. The third-order valence-electron chi connectivity index (χ3n) is 1.82. The summed E-state index contributed by atoms with van der Waals surface area (Å²) in [6, 6.07) is -0.203. The molecule has 0 aliphatic heterocycles. The zero-order valence-corrected chi connectivity index (χ0v) is 8.63. The molecule has 0 aliphatic rings. The zero-order valence-electron chi connectivity index (χ0n) is 8.63. The van der Waals surface area contributed by atoms with Gasteiger partial charge in [0.05, 0.1) is 7.11 Å². The Labute approximate surface area is 79.6 Å². The van der Waals surface area contributed by atoms with Crippen LogP contribution in [0.4, 0.5) is 0 Å². The lowest BCUT2D eigenvalue weighted by atomic mass is 10.1. The lowest BCUT2D eigenvalue weighted by Crippen LogP contribution is -2.35. The van der Waals surface area contributed by atoms with Gasteiger partial charge in [-0.1, -0.05) is 0 Å². The normalized spacial score (nSPS) is 12.5. The van der Waals surface area contributed by atoms with Gasteiger partial charge in [0, 0.05) is 13.2 Å². The van der Waals surface area contributed by atoms with Gasteiger partial charge in [-0.3, -0.25) is 4.79 Å². The minimum absolute atomic E-state index is 0.203. The third kappa shape index (κ3) is 5.60. The summed E-state index contributed by atoms with van der Waals surface area (Å²) in [6.45, 7) is 3.38. The van der Waals surface area contributed by atoms with Gasteiger partial charge in [-0.2, -0.15) is 0 Å².